The highest BCUT2D eigenvalue weighted by Crippen LogP contribution is 2.18. The molecule has 0 aliphatic carbocycles. The maximum Gasteiger partial charge on any atom is 0.312 e. The van der Waals surface area contributed by atoms with Crippen molar-refractivity contribution < 1.29 is 14.4 Å². The molecule has 4 N–H and O–H groups in total. The first-order valence-electron chi connectivity index (χ1n) is 7.34. The quantitative estimate of drug-likeness (QED) is 0.694. The minimum absolute atomic E-state index is 0.0564. The molecule has 1 unspecified atom stereocenters. The molecular formula is C16H20N4O3. The third-order valence-electron chi connectivity index (χ3n) is 3.69. The molecule has 7 heteroatoms. The highest BCUT2D eigenvalue weighted by Gasteiger charge is 2.27. The fraction of sp³-hybridized carbons (Fsp3) is 0.312. The number of benzene rings is 1. The average molecular weight is 316 g/mol. The second-order valence-electron chi connectivity index (χ2n) is 5.36. The van der Waals surface area contributed by atoms with E-state index < -0.39 is 6.03 Å². The number of hydrogen-bond donors (Lipinski definition) is 3. The van der Waals surface area contributed by atoms with Gasteiger partial charge in [-0.2, -0.15) is 0 Å². The topological polar surface area (TPSA) is 105 Å². The Hall–Kier alpha value is -2.83. The number of nitrogens with two attached hydrogens (primary N) is 1. The monoisotopic (exact) mass is 316 g/mol. The van der Waals surface area contributed by atoms with E-state index in [0.29, 0.717) is 25.2 Å². The number of nitrogens with zero attached hydrogens (tertiary/aromatic N) is 1. The van der Waals surface area contributed by atoms with E-state index in [9.17, 15) is 14.4 Å². The zero-order chi connectivity index (χ0) is 16.8. The summed E-state index contributed by atoms with van der Waals surface area (Å²) in [6, 6.07) is 6.45. The molecule has 1 atom stereocenters. The number of carbonyl (C=O) groups excluding carboxylic acids is 3. The molecule has 0 bridgehead atoms. The van der Waals surface area contributed by atoms with Crippen LogP contribution in [0.15, 0.2) is 36.9 Å². The number of anilines is 1. The summed E-state index contributed by atoms with van der Waals surface area (Å²) >= 11 is 0. The van der Waals surface area contributed by atoms with Crippen LogP contribution in [0.5, 0.6) is 0 Å². The Balaban J connectivity index is 1.99. The molecular weight excluding hydrogens is 296 g/mol. The van der Waals surface area contributed by atoms with Crippen LogP contribution < -0.4 is 16.4 Å². The molecule has 23 heavy (non-hydrogen) atoms. The van der Waals surface area contributed by atoms with E-state index >= 15 is 0 Å². The summed E-state index contributed by atoms with van der Waals surface area (Å²) in [6.45, 7) is 4.43. The van der Waals surface area contributed by atoms with E-state index in [1.807, 2.05) is 6.07 Å². The van der Waals surface area contributed by atoms with Gasteiger partial charge in [0.25, 0.3) is 0 Å². The Bertz CT molecular complexity index is 630. The Kier molecular flexibility index (Phi) is 5.35. The van der Waals surface area contributed by atoms with Gasteiger partial charge in [0, 0.05) is 24.8 Å². The van der Waals surface area contributed by atoms with E-state index in [1.165, 1.54) is 6.08 Å². The predicted molar refractivity (Wildman–Crippen MR) is 86.7 cm³/mol. The van der Waals surface area contributed by atoms with Crippen LogP contribution >= 0.6 is 0 Å². The molecule has 1 aliphatic rings. The van der Waals surface area contributed by atoms with Crippen LogP contribution in [-0.2, 0) is 16.0 Å². The van der Waals surface area contributed by atoms with Crippen LogP contribution in [0.4, 0.5) is 10.5 Å². The second-order valence-corrected chi connectivity index (χ2v) is 5.36. The zero-order valence-electron chi connectivity index (χ0n) is 12.7. The van der Waals surface area contributed by atoms with Crippen molar-refractivity contribution in [2.24, 2.45) is 5.73 Å². The van der Waals surface area contributed by atoms with Gasteiger partial charge in [-0.05, 0) is 24.1 Å². The SMILES string of the molecule is C=CC(=O)Nc1ccccc1CC(=O)N1CCC(NC(N)=O)C1. The largest absolute Gasteiger partial charge is 0.352 e. The van der Waals surface area contributed by atoms with Crippen LogP contribution in [0.1, 0.15) is 12.0 Å². The summed E-state index contributed by atoms with van der Waals surface area (Å²) in [5.74, 6) is -0.379. The Morgan fingerprint density at radius 1 is 1.35 bits per heavy atom. The highest BCUT2D eigenvalue weighted by atomic mass is 16.2. The van der Waals surface area contributed by atoms with Gasteiger partial charge < -0.3 is 21.3 Å². The minimum atomic E-state index is -0.582. The van der Waals surface area contributed by atoms with Crippen LogP contribution in [0, 0.1) is 0 Å². The molecule has 1 fully saturated rings. The fourth-order valence-electron chi connectivity index (χ4n) is 2.56. The number of carbonyl (C=O) groups is 3. The summed E-state index contributed by atoms with van der Waals surface area (Å²) < 4.78 is 0. The van der Waals surface area contributed by atoms with Crippen molar-refractivity contribution in [3.63, 3.8) is 0 Å². The number of urea groups is 1. The molecule has 4 amide bonds. The van der Waals surface area contributed by atoms with Gasteiger partial charge in [-0.1, -0.05) is 24.8 Å². The molecule has 2 rings (SSSR count). The molecule has 1 aliphatic heterocycles. The van der Waals surface area contributed by atoms with Crippen molar-refractivity contribution in [2.45, 2.75) is 18.9 Å². The van der Waals surface area contributed by atoms with Crippen LogP contribution in [-0.4, -0.2) is 41.9 Å². The number of primary amides is 1. The first-order chi connectivity index (χ1) is 11.0. The van der Waals surface area contributed by atoms with Gasteiger partial charge in [0.1, 0.15) is 0 Å². The molecule has 1 heterocycles. The van der Waals surface area contributed by atoms with Gasteiger partial charge in [-0.25, -0.2) is 4.79 Å². The summed E-state index contributed by atoms with van der Waals surface area (Å²) in [4.78, 5) is 36.4. The number of likely N-dealkylation sites (tertiary alicyclic amines) is 1. The number of para-hydroxylation sites is 1. The summed E-state index contributed by atoms with van der Waals surface area (Å²) in [7, 11) is 0. The van der Waals surface area contributed by atoms with Crippen molar-refractivity contribution >= 4 is 23.5 Å². The molecule has 0 spiro atoms. The van der Waals surface area contributed by atoms with Crippen molar-refractivity contribution in [2.75, 3.05) is 18.4 Å². The zero-order valence-corrected chi connectivity index (χ0v) is 12.7. The van der Waals surface area contributed by atoms with E-state index in [0.717, 1.165) is 5.56 Å². The molecule has 7 nitrogen and oxygen atoms in total. The van der Waals surface area contributed by atoms with Crippen molar-refractivity contribution in [1.29, 1.82) is 0 Å². The summed E-state index contributed by atoms with van der Waals surface area (Å²) in [5, 5.41) is 5.30. The first-order valence-corrected chi connectivity index (χ1v) is 7.34. The molecule has 0 aromatic heterocycles. The minimum Gasteiger partial charge on any atom is -0.352 e. The van der Waals surface area contributed by atoms with Crippen LogP contribution in [0.25, 0.3) is 0 Å². The number of nitrogens with one attached hydrogen (secondary N) is 2. The molecule has 1 aromatic rings. The van der Waals surface area contributed by atoms with Crippen LogP contribution in [0.3, 0.4) is 0 Å². The maximum atomic E-state index is 12.4. The molecule has 1 aromatic carbocycles. The lowest BCUT2D eigenvalue weighted by molar-refractivity contribution is -0.129. The van der Waals surface area contributed by atoms with Crippen molar-refractivity contribution in [1.82, 2.24) is 10.2 Å². The number of amides is 4. The van der Waals surface area contributed by atoms with Gasteiger partial charge in [0.05, 0.1) is 6.42 Å². The molecule has 0 saturated carbocycles. The third-order valence-corrected chi connectivity index (χ3v) is 3.69. The van der Waals surface area contributed by atoms with E-state index in [-0.39, 0.29) is 24.3 Å². The number of hydrogen-bond acceptors (Lipinski definition) is 3. The van der Waals surface area contributed by atoms with Gasteiger partial charge in [0.2, 0.25) is 11.8 Å². The summed E-state index contributed by atoms with van der Waals surface area (Å²) in [6.07, 6.45) is 2.04. The molecule has 0 radical (unpaired) electrons. The fourth-order valence-corrected chi connectivity index (χ4v) is 2.56. The Morgan fingerprint density at radius 3 is 2.78 bits per heavy atom. The lowest BCUT2D eigenvalue weighted by Gasteiger charge is -2.18. The maximum absolute atomic E-state index is 12.4. The normalized spacial score (nSPS) is 16.7. The van der Waals surface area contributed by atoms with E-state index in [4.69, 9.17) is 5.73 Å². The predicted octanol–water partition coefficient (Wildman–Crippen LogP) is 0.623. The molecule has 122 valence electrons. The molecule has 1 saturated heterocycles. The highest BCUT2D eigenvalue weighted by molar-refractivity contribution is 5.99. The third kappa shape index (κ3) is 4.57. The first kappa shape index (κ1) is 16.5. The van der Waals surface area contributed by atoms with Crippen LogP contribution in [0.2, 0.25) is 0 Å². The number of rotatable bonds is 5. The van der Waals surface area contributed by atoms with E-state index in [1.54, 1.807) is 23.1 Å². The van der Waals surface area contributed by atoms with Gasteiger partial charge in [-0.3, -0.25) is 9.59 Å². The Labute approximate surface area is 134 Å². The average Bonchev–Trinajstić information content (AvgIpc) is 2.96. The van der Waals surface area contributed by atoms with Gasteiger partial charge in [0.15, 0.2) is 0 Å². The lowest BCUT2D eigenvalue weighted by atomic mass is 10.1. The lowest BCUT2D eigenvalue weighted by Crippen LogP contribution is -2.41. The van der Waals surface area contributed by atoms with Gasteiger partial charge >= 0.3 is 6.03 Å². The summed E-state index contributed by atoms with van der Waals surface area (Å²) in [5.41, 5.74) is 6.42. The van der Waals surface area contributed by atoms with E-state index in [2.05, 4.69) is 17.2 Å². The van der Waals surface area contributed by atoms with Crippen molar-refractivity contribution in [3.8, 4) is 0 Å². The smallest absolute Gasteiger partial charge is 0.312 e. The van der Waals surface area contributed by atoms with Gasteiger partial charge in [-0.15, -0.1) is 0 Å². The Morgan fingerprint density at radius 2 is 2.09 bits per heavy atom. The van der Waals surface area contributed by atoms with Crippen molar-refractivity contribution in [3.05, 3.63) is 42.5 Å². The standard InChI is InChI=1S/C16H20N4O3/c1-2-14(21)19-13-6-4-3-5-11(13)9-15(22)20-8-7-12(10-20)18-16(17)23/h2-6,12H,1,7-10H2,(H,19,21)(H3,17,18,23). The second kappa shape index (κ2) is 7.44.